The molecule has 1 fully saturated rings. The van der Waals surface area contributed by atoms with Crippen LogP contribution >= 0.6 is 0 Å². The van der Waals surface area contributed by atoms with Crippen molar-refractivity contribution in [2.45, 2.75) is 0 Å². The van der Waals surface area contributed by atoms with E-state index >= 15 is 0 Å². The number of rotatable bonds is 6. The summed E-state index contributed by atoms with van der Waals surface area (Å²) in [7, 11) is 1.65. The second kappa shape index (κ2) is 8.78. The molecule has 3 N–H and O–H groups in total. The largest absolute Gasteiger partial charge is 0.383 e. The van der Waals surface area contributed by atoms with Crippen LogP contribution in [0.5, 0.6) is 0 Å². The van der Waals surface area contributed by atoms with Crippen molar-refractivity contribution < 1.29 is 18.3 Å². The Labute approximate surface area is 176 Å². The van der Waals surface area contributed by atoms with Crippen LogP contribution in [0.25, 0.3) is 5.65 Å². The third kappa shape index (κ3) is 4.25. The summed E-state index contributed by atoms with van der Waals surface area (Å²) in [6, 6.07) is 0. The number of nitrogens with one attached hydrogen (secondary N) is 1. The van der Waals surface area contributed by atoms with Gasteiger partial charge in [0, 0.05) is 39.8 Å². The van der Waals surface area contributed by atoms with Gasteiger partial charge < -0.3 is 20.7 Å². The third-order valence-corrected chi connectivity index (χ3v) is 5.12. The molecule has 3 aromatic heterocycles. The number of anilines is 3. The average Bonchev–Trinajstić information content (AvgIpc) is 3.07. The minimum Gasteiger partial charge on any atom is -0.383 e. The van der Waals surface area contributed by atoms with E-state index in [0.29, 0.717) is 19.7 Å². The predicted octanol–water partition coefficient (Wildman–Crippen LogP) is 1.01. The molecule has 0 radical (unpaired) electrons. The average molecular weight is 432 g/mol. The molecular weight excluding hydrogens is 410 g/mol. The Morgan fingerprint density at radius 1 is 1.23 bits per heavy atom. The predicted molar refractivity (Wildman–Crippen MR) is 110 cm³/mol. The smallest absolute Gasteiger partial charge is 0.263 e. The highest BCUT2D eigenvalue weighted by molar-refractivity contribution is 6.12. The Hall–Kier alpha value is -3.38. The van der Waals surface area contributed by atoms with E-state index in [0.717, 1.165) is 42.7 Å². The number of pyridine rings is 1. The minimum absolute atomic E-state index is 0.0282. The Morgan fingerprint density at radius 3 is 2.74 bits per heavy atom. The molecular formula is C19H22F2N8O2. The zero-order valence-electron chi connectivity index (χ0n) is 16.9. The van der Waals surface area contributed by atoms with E-state index < -0.39 is 17.5 Å². The van der Waals surface area contributed by atoms with E-state index in [1.54, 1.807) is 7.11 Å². The topological polar surface area (TPSA) is 114 Å². The van der Waals surface area contributed by atoms with Crippen molar-refractivity contribution in [2.24, 2.45) is 0 Å². The maximum Gasteiger partial charge on any atom is 0.263 e. The molecule has 4 heterocycles. The van der Waals surface area contributed by atoms with Gasteiger partial charge in [-0.2, -0.15) is 0 Å². The van der Waals surface area contributed by atoms with Crippen molar-refractivity contribution in [3.05, 3.63) is 42.0 Å². The number of nitrogens with two attached hydrogens (primary N) is 1. The van der Waals surface area contributed by atoms with Gasteiger partial charge in [-0.15, -0.1) is 5.10 Å². The molecule has 0 saturated carbocycles. The molecule has 0 bridgehead atoms. The van der Waals surface area contributed by atoms with Crippen molar-refractivity contribution in [3.8, 4) is 0 Å². The molecule has 0 atom stereocenters. The van der Waals surface area contributed by atoms with E-state index in [1.807, 2.05) is 4.90 Å². The maximum atomic E-state index is 14.7. The summed E-state index contributed by atoms with van der Waals surface area (Å²) in [4.78, 5) is 24.8. The Balaban J connectivity index is 1.57. The van der Waals surface area contributed by atoms with Crippen LogP contribution in [0.2, 0.25) is 0 Å². The molecule has 1 amide bonds. The fraction of sp³-hybridized carbons (Fsp3) is 0.368. The fourth-order valence-electron chi connectivity index (χ4n) is 3.59. The van der Waals surface area contributed by atoms with Crippen LogP contribution in [-0.4, -0.2) is 76.8 Å². The van der Waals surface area contributed by atoms with Gasteiger partial charge in [0.2, 0.25) is 0 Å². The van der Waals surface area contributed by atoms with Crippen LogP contribution in [0.1, 0.15) is 10.4 Å². The standard InChI is InChI=1S/C19H22F2N8O2/c1-31-7-6-27-2-4-28(5-3-27)16-13(21)9-23-10-14(16)25-19(30)15-17(22)26-29-11-12(20)8-24-18(15)29/h8-11H,2-7H2,1H3,(H2,22,26)(H,25,30). The quantitative estimate of drug-likeness (QED) is 0.593. The Bertz CT molecular complexity index is 1100. The van der Waals surface area contributed by atoms with Crippen LogP contribution in [0.4, 0.5) is 26.0 Å². The van der Waals surface area contributed by atoms with E-state index in [4.69, 9.17) is 10.5 Å². The fourth-order valence-corrected chi connectivity index (χ4v) is 3.59. The highest BCUT2D eigenvalue weighted by Crippen LogP contribution is 2.30. The summed E-state index contributed by atoms with van der Waals surface area (Å²) in [5.74, 6) is -1.92. The highest BCUT2D eigenvalue weighted by Gasteiger charge is 2.25. The zero-order chi connectivity index (χ0) is 22.0. The Kier molecular flexibility index (Phi) is 5.91. The number of nitrogens with zero attached hydrogens (tertiary/aromatic N) is 6. The van der Waals surface area contributed by atoms with Gasteiger partial charge in [-0.3, -0.25) is 14.7 Å². The van der Waals surface area contributed by atoms with E-state index in [2.05, 4.69) is 25.3 Å². The SMILES string of the molecule is COCCN1CCN(c2c(F)cncc2NC(=O)c2c(N)nn3cc(F)cnc23)CC1. The molecule has 4 rings (SSSR count). The zero-order valence-corrected chi connectivity index (χ0v) is 16.9. The van der Waals surface area contributed by atoms with Gasteiger partial charge in [-0.25, -0.2) is 18.3 Å². The summed E-state index contributed by atoms with van der Waals surface area (Å²) in [6.07, 6.45) is 4.51. The molecule has 0 aliphatic carbocycles. The summed E-state index contributed by atoms with van der Waals surface area (Å²) in [5.41, 5.74) is 6.37. The number of methoxy groups -OCH3 is 1. The first-order chi connectivity index (χ1) is 15.0. The molecule has 0 unspecified atom stereocenters. The van der Waals surface area contributed by atoms with Gasteiger partial charge in [0.05, 0.1) is 37.1 Å². The number of piperazine rings is 1. The highest BCUT2D eigenvalue weighted by atomic mass is 19.1. The first-order valence-electron chi connectivity index (χ1n) is 9.68. The van der Waals surface area contributed by atoms with Crippen molar-refractivity contribution in [3.63, 3.8) is 0 Å². The number of hydrogen-bond donors (Lipinski definition) is 2. The van der Waals surface area contributed by atoms with Crippen LogP contribution in [0.3, 0.4) is 0 Å². The van der Waals surface area contributed by atoms with Gasteiger partial charge >= 0.3 is 0 Å². The number of aromatic nitrogens is 4. The van der Waals surface area contributed by atoms with Gasteiger partial charge in [0.1, 0.15) is 11.3 Å². The first kappa shape index (κ1) is 20.9. The van der Waals surface area contributed by atoms with E-state index in [-0.39, 0.29) is 28.4 Å². The van der Waals surface area contributed by atoms with E-state index in [1.165, 1.54) is 6.20 Å². The number of ether oxygens (including phenoxy) is 1. The Morgan fingerprint density at radius 2 is 2.00 bits per heavy atom. The lowest BCUT2D eigenvalue weighted by Crippen LogP contribution is -2.47. The van der Waals surface area contributed by atoms with Crippen molar-refractivity contribution in [2.75, 3.05) is 62.4 Å². The number of halogens is 2. The van der Waals surface area contributed by atoms with Gasteiger partial charge in [0.15, 0.2) is 23.1 Å². The molecule has 1 saturated heterocycles. The summed E-state index contributed by atoms with van der Waals surface area (Å²) in [5, 5.41) is 6.57. The second-order valence-electron chi connectivity index (χ2n) is 7.09. The van der Waals surface area contributed by atoms with Crippen LogP contribution < -0.4 is 16.0 Å². The monoisotopic (exact) mass is 432 g/mol. The van der Waals surface area contributed by atoms with Crippen molar-refractivity contribution >= 4 is 28.7 Å². The van der Waals surface area contributed by atoms with Gasteiger partial charge in [-0.1, -0.05) is 0 Å². The molecule has 3 aromatic rings. The number of fused-ring (bicyclic) bond motifs is 1. The van der Waals surface area contributed by atoms with Crippen molar-refractivity contribution in [1.82, 2.24) is 24.5 Å². The van der Waals surface area contributed by atoms with Crippen LogP contribution in [0, 0.1) is 11.6 Å². The summed E-state index contributed by atoms with van der Waals surface area (Å²) < 4.78 is 34.3. The summed E-state index contributed by atoms with van der Waals surface area (Å²) in [6.45, 7) is 4.04. The number of amides is 1. The molecule has 0 aromatic carbocycles. The summed E-state index contributed by atoms with van der Waals surface area (Å²) >= 11 is 0. The lowest BCUT2D eigenvalue weighted by Gasteiger charge is -2.36. The molecule has 10 nitrogen and oxygen atoms in total. The van der Waals surface area contributed by atoms with Crippen molar-refractivity contribution in [1.29, 1.82) is 0 Å². The maximum absolute atomic E-state index is 14.7. The number of hydrogen-bond acceptors (Lipinski definition) is 8. The first-order valence-corrected chi connectivity index (χ1v) is 9.68. The molecule has 1 aliphatic heterocycles. The normalized spacial score (nSPS) is 14.9. The minimum atomic E-state index is -0.640. The van der Waals surface area contributed by atoms with Gasteiger partial charge in [-0.05, 0) is 0 Å². The van der Waals surface area contributed by atoms with Crippen LogP contribution in [0.15, 0.2) is 24.8 Å². The third-order valence-electron chi connectivity index (χ3n) is 5.12. The molecule has 12 heteroatoms. The molecule has 164 valence electrons. The number of carbonyl (C=O) groups excluding carboxylic acids is 1. The van der Waals surface area contributed by atoms with Gasteiger partial charge in [0.25, 0.3) is 5.91 Å². The molecule has 0 spiro atoms. The molecule has 31 heavy (non-hydrogen) atoms. The number of carbonyl (C=O) groups is 1. The number of nitrogen functional groups attached to an aromatic ring is 1. The molecule has 1 aliphatic rings. The van der Waals surface area contributed by atoms with Crippen LogP contribution in [-0.2, 0) is 4.74 Å². The second-order valence-corrected chi connectivity index (χ2v) is 7.09. The van der Waals surface area contributed by atoms with E-state index in [9.17, 15) is 13.6 Å². The lowest BCUT2D eigenvalue weighted by atomic mass is 10.2. The lowest BCUT2D eigenvalue weighted by molar-refractivity contribution is 0.102.